The Kier molecular flexibility index (Phi) is 5.29. The molecule has 0 aliphatic rings. The molecule has 8 nitrogen and oxygen atoms in total. The van der Waals surface area contributed by atoms with Crippen LogP contribution in [0.1, 0.15) is 23.6 Å². The monoisotopic (exact) mass is 419 g/mol. The molecule has 158 valence electrons. The maximum atomic E-state index is 11.1. The van der Waals surface area contributed by atoms with E-state index < -0.39 is 12.1 Å². The van der Waals surface area contributed by atoms with E-state index in [0.29, 0.717) is 28.6 Å². The molecule has 4 aromatic rings. The van der Waals surface area contributed by atoms with Crippen molar-refractivity contribution in [2.24, 2.45) is 0 Å². The Labute approximate surface area is 178 Å². The summed E-state index contributed by atoms with van der Waals surface area (Å²) in [5.74, 6) is 0.510. The summed E-state index contributed by atoms with van der Waals surface area (Å²) in [7, 11) is 0. The van der Waals surface area contributed by atoms with Gasteiger partial charge < -0.3 is 19.0 Å². The number of nitrogens with zero attached hydrogens (tertiary/aromatic N) is 3. The van der Waals surface area contributed by atoms with Gasteiger partial charge in [0.2, 0.25) is 5.89 Å². The summed E-state index contributed by atoms with van der Waals surface area (Å²) in [4.78, 5) is 24.1. The van der Waals surface area contributed by atoms with Crippen LogP contribution in [0.5, 0.6) is 17.5 Å². The lowest BCUT2D eigenvalue weighted by atomic mass is 10.1. The minimum Gasteiger partial charge on any atom is -0.479 e. The number of rotatable bonds is 6. The molecule has 0 bridgehead atoms. The average molecular weight is 419 g/mol. The third-order valence-corrected chi connectivity index (χ3v) is 4.71. The van der Waals surface area contributed by atoms with Crippen LogP contribution < -0.4 is 9.47 Å². The quantitative estimate of drug-likeness (QED) is 0.472. The van der Waals surface area contributed by atoms with Gasteiger partial charge >= 0.3 is 12.0 Å². The maximum Gasteiger partial charge on any atom is 0.344 e. The number of oxazole rings is 1. The molecule has 1 unspecified atom stereocenters. The molecule has 4 rings (SSSR count). The second-order valence-corrected chi connectivity index (χ2v) is 7.31. The van der Waals surface area contributed by atoms with E-state index in [4.69, 9.17) is 19.0 Å². The summed E-state index contributed by atoms with van der Waals surface area (Å²) in [6.07, 6.45) is 0.597. The van der Waals surface area contributed by atoms with Gasteiger partial charge in [0.1, 0.15) is 17.0 Å². The van der Waals surface area contributed by atoms with E-state index in [1.54, 1.807) is 6.20 Å². The van der Waals surface area contributed by atoms with Gasteiger partial charge in [0.25, 0.3) is 5.71 Å². The summed E-state index contributed by atoms with van der Waals surface area (Å²) in [5, 5.41) is 9.09. The van der Waals surface area contributed by atoms with Crippen molar-refractivity contribution in [2.75, 3.05) is 0 Å². The van der Waals surface area contributed by atoms with Crippen LogP contribution in [0.3, 0.4) is 0 Å². The summed E-state index contributed by atoms with van der Waals surface area (Å²) in [6, 6.07) is 11.4. The van der Waals surface area contributed by atoms with Crippen molar-refractivity contribution < 1.29 is 23.8 Å². The molecule has 0 amide bonds. The van der Waals surface area contributed by atoms with Gasteiger partial charge in [-0.25, -0.2) is 14.8 Å². The zero-order chi connectivity index (χ0) is 22.1. The van der Waals surface area contributed by atoms with Crippen molar-refractivity contribution >= 4 is 17.2 Å². The molecule has 0 fully saturated rings. The van der Waals surface area contributed by atoms with Crippen LogP contribution in [0.4, 0.5) is 0 Å². The largest absolute Gasteiger partial charge is 0.479 e. The minimum atomic E-state index is -1.02. The van der Waals surface area contributed by atoms with Gasteiger partial charge in [0.05, 0.1) is 6.20 Å². The van der Waals surface area contributed by atoms with Crippen LogP contribution in [-0.2, 0) is 4.79 Å². The van der Waals surface area contributed by atoms with E-state index in [1.165, 1.54) is 6.92 Å². The van der Waals surface area contributed by atoms with Crippen molar-refractivity contribution in [1.82, 2.24) is 15.0 Å². The number of aromatic nitrogens is 3. The number of carbonyl (C=O) groups is 1. The van der Waals surface area contributed by atoms with Crippen LogP contribution in [0.2, 0.25) is 0 Å². The molecule has 2 aromatic heterocycles. The molecule has 1 atom stereocenters. The number of fused-ring (bicyclic) bond motifs is 1. The molecular formula is C23H21N3O5. The van der Waals surface area contributed by atoms with Gasteiger partial charge in [-0.1, -0.05) is 17.7 Å². The SMILES string of the molecule is Cc1ccc(Oc2ncc3nc(-c4cc(C)c(OC(C)C(=O)O)c(C)c4)oc3n2)cc1. The fourth-order valence-corrected chi connectivity index (χ4v) is 3.09. The normalized spacial score (nSPS) is 12.0. The summed E-state index contributed by atoms with van der Waals surface area (Å²) in [5.41, 5.74) is 4.22. The van der Waals surface area contributed by atoms with E-state index in [-0.39, 0.29) is 6.01 Å². The molecule has 0 saturated carbocycles. The molecule has 0 saturated heterocycles. The standard InChI is InChI=1S/C23H21N3O5/c1-12-5-7-17(8-6-12)30-23-24-11-18-21(26-23)31-20(25-18)16-9-13(2)19(14(3)10-16)29-15(4)22(27)28/h5-11,15H,1-4H3,(H,27,28). The molecule has 8 heteroatoms. The van der Waals surface area contributed by atoms with Gasteiger partial charge in [-0.05, 0) is 63.1 Å². The highest BCUT2D eigenvalue weighted by molar-refractivity contribution is 5.74. The molecular weight excluding hydrogens is 398 g/mol. The van der Waals surface area contributed by atoms with Gasteiger partial charge in [-0.3, -0.25) is 0 Å². The first kappa shape index (κ1) is 20.3. The Morgan fingerprint density at radius 1 is 1.06 bits per heavy atom. The Bertz CT molecular complexity index is 1240. The van der Waals surface area contributed by atoms with Crippen molar-refractivity contribution in [2.45, 2.75) is 33.8 Å². The predicted octanol–water partition coefficient (Wildman–Crippen LogP) is 4.85. The average Bonchev–Trinajstić information content (AvgIpc) is 3.15. The van der Waals surface area contributed by atoms with Crippen LogP contribution in [0, 0.1) is 20.8 Å². The van der Waals surface area contributed by atoms with Crippen molar-refractivity contribution in [3.8, 4) is 29.0 Å². The first-order valence-electron chi connectivity index (χ1n) is 9.69. The molecule has 2 aromatic carbocycles. The molecule has 31 heavy (non-hydrogen) atoms. The third-order valence-electron chi connectivity index (χ3n) is 4.71. The topological polar surface area (TPSA) is 108 Å². The summed E-state index contributed by atoms with van der Waals surface area (Å²) < 4.78 is 17.1. The lowest BCUT2D eigenvalue weighted by molar-refractivity contribution is -0.144. The Morgan fingerprint density at radius 2 is 1.74 bits per heavy atom. The number of hydrogen-bond donors (Lipinski definition) is 1. The third kappa shape index (κ3) is 4.32. The summed E-state index contributed by atoms with van der Waals surface area (Å²) in [6.45, 7) is 7.18. The van der Waals surface area contributed by atoms with Crippen molar-refractivity contribution in [3.05, 3.63) is 59.3 Å². The maximum absolute atomic E-state index is 11.1. The van der Waals surface area contributed by atoms with E-state index in [0.717, 1.165) is 22.3 Å². The highest BCUT2D eigenvalue weighted by atomic mass is 16.5. The first-order chi connectivity index (χ1) is 14.8. The highest BCUT2D eigenvalue weighted by Crippen LogP contribution is 2.32. The van der Waals surface area contributed by atoms with Crippen LogP contribution in [0.15, 0.2) is 47.0 Å². The van der Waals surface area contributed by atoms with E-state index in [9.17, 15) is 4.79 Å². The fourth-order valence-electron chi connectivity index (χ4n) is 3.09. The van der Waals surface area contributed by atoms with Crippen LogP contribution in [0.25, 0.3) is 22.7 Å². The number of benzene rings is 2. The van der Waals surface area contributed by atoms with Gasteiger partial charge in [-0.2, -0.15) is 4.98 Å². The number of carboxylic acids is 1. The van der Waals surface area contributed by atoms with Crippen molar-refractivity contribution in [1.29, 1.82) is 0 Å². The molecule has 0 aliphatic heterocycles. The lowest BCUT2D eigenvalue weighted by Gasteiger charge is -2.16. The number of hydrogen-bond acceptors (Lipinski definition) is 7. The Morgan fingerprint density at radius 3 is 2.39 bits per heavy atom. The van der Waals surface area contributed by atoms with E-state index in [2.05, 4.69) is 15.0 Å². The number of aryl methyl sites for hydroxylation is 3. The molecule has 0 radical (unpaired) electrons. The lowest BCUT2D eigenvalue weighted by Crippen LogP contribution is -2.23. The number of aliphatic carboxylic acids is 1. The summed E-state index contributed by atoms with van der Waals surface area (Å²) >= 11 is 0. The number of carboxylic acid groups (broad SMARTS) is 1. The molecule has 1 N–H and O–H groups in total. The van der Waals surface area contributed by atoms with Crippen molar-refractivity contribution in [3.63, 3.8) is 0 Å². The zero-order valence-electron chi connectivity index (χ0n) is 17.5. The molecule has 0 spiro atoms. The minimum absolute atomic E-state index is 0.165. The highest BCUT2D eigenvalue weighted by Gasteiger charge is 2.18. The smallest absolute Gasteiger partial charge is 0.344 e. The van der Waals surface area contributed by atoms with Crippen LogP contribution in [-0.4, -0.2) is 32.1 Å². The second kappa shape index (κ2) is 8.06. The van der Waals surface area contributed by atoms with E-state index >= 15 is 0 Å². The molecule has 0 aliphatic carbocycles. The molecule has 2 heterocycles. The zero-order valence-corrected chi connectivity index (χ0v) is 17.5. The number of ether oxygens (including phenoxy) is 2. The Balaban J connectivity index is 1.62. The van der Waals surface area contributed by atoms with Gasteiger partial charge in [0, 0.05) is 5.56 Å². The fraction of sp³-hybridized carbons (Fsp3) is 0.217. The Hall–Kier alpha value is -3.94. The van der Waals surface area contributed by atoms with Gasteiger partial charge in [0.15, 0.2) is 6.10 Å². The van der Waals surface area contributed by atoms with E-state index in [1.807, 2.05) is 57.2 Å². The van der Waals surface area contributed by atoms with Gasteiger partial charge in [-0.15, -0.1) is 0 Å². The first-order valence-corrected chi connectivity index (χ1v) is 9.69. The predicted molar refractivity (Wildman–Crippen MR) is 113 cm³/mol. The second-order valence-electron chi connectivity index (χ2n) is 7.31. The van der Waals surface area contributed by atoms with Crippen LogP contribution >= 0.6 is 0 Å².